The molecule has 0 aliphatic heterocycles. The number of anilines is 1. The largest absolute Gasteiger partial charge is 0.369 e. The number of primary amides is 1. The zero-order valence-corrected chi connectivity index (χ0v) is 18.0. The lowest BCUT2D eigenvalue weighted by molar-refractivity contribution is -0.118. The summed E-state index contributed by atoms with van der Waals surface area (Å²) in [6.07, 6.45) is 2.32. The number of amides is 3. The summed E-state index contributed by atoms with van der Waals surface area (Å²) in [6, 6.07) is 3.73. The Bertz CT molecular complexity index is 876. The number of hydrogen-bond donors (Lipinski definition) is 3. The van der Waals surface area contributed by atoms with Crippen molar-refractivity contribution >= 4 is 69.2 Å². The van der Waals surface area contributed by atoms with Crippen molar-refractivity contribution < 1.29 is 14.4 Å². The van der Waals surface area contributed by atoms with E-state index in [4.69, 9.17) is 28.9 Å². The van der Waals surface area contributed by atoms with Crippen molar-refractivity contribution in [2.75, 3.05) is 17.3 Å². The first-order valence-electron chi connectivity index (χ1n) is 8.08. The molecule has 0 saturated carbocycles. The molecule has 0 aliphatic carbocycles. The Morgan fingerprint density at radius 3 is 2.71 bits per heavy atom. The van der Waals surface area contributed by atoms with E-state index in [1.807, 2.05) is 6.26 Å². The number of nitrogens with zero attached hydrogens (tertiary/aromatic N) is 1. The number of aromatic nitrogens is 1. The van der Waals surface area contributed by atoms with E-state index in [0.717, 1.165) is 0 Å². The summed E-state index contributed by atoms with van der Waals surface area (Å²) in [5.41, 5.74) is 5.84. The van der Waals surface area contributed by atoms with Crippen LogP contribution in [0.2, 0.25) is 10.0 Å². The Morgan fingerprint density at radius 2 is 2.07 bits per heavy atom. The molecule has 3 amide bonds. The maximum Gasteiger partial charge on any atom is 0.253 e. The molecule has 1 aromatic carbocycles. The Kier molecular flexibility index (Phi) is 8.56. The van der Waals surface area contributed by atoms with Crippen LogP contribution >= 0.6 is 46.3 Å². The second-order valence-corrected chi connectivity index (χ2v) is 8.40. The Morgan fingerprint density at radius 1 is 1.32 bits per heavy atom. The summed E-state index contributed by atoms with van der Waals surface area (Å²) in [5, 5.41) is 7.94. The van der Waals surface area contributed by atoms with Gasteiger partial charge in [0.15, 0.2) is 5.13 Å². The fourth-order valence-corrected chi connectivity index (χ4v) is 3.91. The predicted octanol–water partition coefficient (Wildman–Crippen LogP) is 2.97. The molecular weight excluding hydrogens is 443 g/mol. The fraction of sp³-hybridized carbons (Fsp3) is 0.294. The van der Waals surface area contributed by atoms with Crippen LogP contribution in [0.4, 0.5) is 5.13 Å². The molecule has 11 heteroatoms. The minimum atomic E-state index is -0.782. The lowest BCUT2D eigenvalue weighted by Crippen LogP contribution is -2.44. The SMILES string of the molecule is CSCCC(NC(=O)c1ccc(Cl)cc1Cl)C(=O)Nc1nc(CC(N)=O)cs1. The Balaban J connectivity index is 2.08. The number of thiazole rings is 1. The van der Waals surface area contributed by atoms with Gasteiger partial charge in [0.2, 0.25) is 11.8 Å². The van der Waals surface area contributed by atoms with Gasteiger partial charge in [-0.05, 0) is 36.6 Å². The number of halogens is 2. The summed E-state index contributed by atoms with van der Waals surface area (Å²) in [7, 11) is 0. The van der Waals surface area contributed by atoms with Gasteiger partial charge in [-0.3, -0.25) is 14.4 Å². The van der Waals surface area contributed by atoms with Crippen LogP contribution < -0.4 is 16.4 Å². The van der Waals surface area contributed by atoms with Crippen molar-refractivity contribution in [2.45, 2.75) is 18.9 Å². The zero-order valence-electron chi connectivity index (χ0n) is 14.8. The molecule has 0 fully saturated rings. The van der Waals surface area contributed by atoms with Crippen LogP contribution in [-0.2, 0) is 16.0 Å². The molecular formula is C17H18Cl2N4O3S2. The summed E-state index contributed by atoms with van der Waals surface area (Å²) >= 11 is 14.7. The molecule has 1 unspecified atom stereocenters. The van der Waals surface area contributed by atoms with Crippen LogP contribution in [-0.4, -0.2) is 40.8 Å². The van der Waals surface area contributed by atoms with Gasteiger partial charge in [-0.15, -0.1) is 11.3 Å². The van der Waals surface area contributed by atoms with Crippen molar-refractivity contribution in [1.29, 1.82) is 0 Å². The lowest BCUT2D eigenvalue weighted by Gasteiger charge is -2.18. The fourth-order valence-electron chi connectivity index (χ4n) is 2.23. The van der Waals surface area contributed by atoms with Gasteiger partial charge in [0.25, 0.3) is 5.91 Å². The normalized spacial score (nSPS) is 11.7. The lowest BCUT2D eigenvalue weighted by atomic mass is 10.1. The summed E-state index contributed by atoms with van der Waals surface area (Å²) in [4.78, 5) is 40.3. The van der Waals surface area contributed by atoms with Gasteiger partial charge in [0, 0.05) is 10.4 Å². The average molecular weight is 461 g/mol. The van der Waals surface area contributed by atoms with Gasteiger partial charge in [0.05, 0.1) is 22.7 Å². The quantitative estimate of drug-likeness (QED) is 0.531. The second-order valence-electron chi connectivity index (χ2n) is 5.71. The Hall–Kier alpha value is -1.81. The first kappa shape index (κ1) is 22.5. The minimum absolute atomic E-state index is 0.00588. The molecule has 2 aromatic rings. The number of hydrogen-bond acceptors (Lipinski definition) is 6. The molecule has 1 aromatic heterocycles. The number of thioether (sulfide) groups is 1. The van der Waals surface area contributed by atoms with E-state index in [-0.39, 0.29) is 17.0 Å². The average Bonchev–Trinajstić information content (AvgIpc) is 3.04. The Labute approximate surface area is 180 Å². The van der Waals surface area contributed by atoms with Crippen LogP contribution in [0.15, 0.2) is 23.6 Å². The maximum atomic E-state index is 12.6. The van der Waals surface area contributed by atoms with E-state index in [1.54, 1.807) is 23.2 Å². The van der Waals surface area contributed by atoms with Crippen LogP contribution in [0, 0.1) is 0 Å². The van der Waals surface area contributed by atoms with Crippen molar-refractivity contribution in [3.05, 3.63) is 44.9 Å². The van der Waals surface area contributed by atoms with Gasteiger partial charge >= 0.3 is 0 Å². The highest BCUT2D eigenvalue weighted by Gasteiger charge is 2.23. The molecule has 0 aliphatic rings. The number of rotatable bonds is 9. The summed E-state index contributed by atoms with van der Waals surface area (Å²) < 4.78 is 0. The highest BCUT2D eigenvalue weighted by Crippen LogP contribution is 2.21. The first-order chi connectivity index (χ1) is 13.3. The molecule has 0 bridgehead atoms. The van der Waals surface area contributed by atoms with E-state index in [0.29, 0.717) is 28.0 Å². The van der Waals surface area contributed by atoms with Gasteiger partial charge in [0.1, 0.15) is 6.04 Å². The standard InChI is InChI=1S/C17H18Cl2N4O3S2/c1-27-5-4-13(22-15(25)11-3-2-9(18)6-12(11)19)16(26)23-17-21-10(8-28-17)7-14(20)24/h2-3,6,8,13H,4-5,7H2,1H3,(H2,20,24)(H,22,25)(H,21,23,26). The molecule has 28 heavy (non-hydrogen) atoms. The molecule has 1 heterocycles. The highest BCUT2D eigenvalue weighted by molar-refractivity contribution is 7.98. The molecule has 2 rings (SSSR count). The monoisotopic (exact) mass is 460 g/mol. The first-order valence-corrected chi connectivity index (χ1v) is 11.1. The van der Waals surface area contributed by atoms with Crippen LogP contribution in [0.25, 0.3) is 0 Å². The zero-order chi connectivity index (χ0) is 20.7. The van der Waals surface area contributed by atoms with Gasteiger partial charge in [-0.1, -0.05) is 23.2 Å². The van der Waals surface area contributed by atoms with Crippen molar-refractivity contribution in [3.8, 4) is 0 Å². The van der Waals surface area contributed by atoms with E-state index in [9.17, 15) is 14.4 Å². The number of benzene rings is 1. The van der Waals surface area contributed by atoms with E-state index in [2.05, 4.69) is 15.6 Å². The summed E-state index contributed by atoms with van der Waals surface area (Å²) in [6.45, 7) is 0. The maximum absolute atomic E-state index is 12.6. The van der Waals surface area contributed by atoms with Crippen LogP contribution in [0.3, 0.4) is 0 Å². The number of nitrogens with one attached hydrogen (secondary N) is 2. The number of nitrogens with two attached hydrogens (primary N) is 1. The number of carbonyl (C=O) groups excluding carboxylic acids is 3. The molecule has 7 nitrogen and oxygen atoms in total. The number of carbonyl (C=O) groups is 3. The third-order valence-corrected chi connectivity index (χ3v) is 5.54. The van der Waals surface area contributed by atoms with Crippen LogP contribution in [0.1, 0.15) is 22.5 Å². The smallest absolute Gasteiger partial charge is 0.253 e. The molecule has 0 radical (unpaired) electrons. The van der Waals surface area contributed by atoms with Gasteiger partial charge in [-0.2, -0.15) is 11.8 Å². The van der Waals surface area contributed by atoms with E-state index in [1.165, 1.54) is 23.5 Å². The second kappa shape index (κ2) is 10.7. The van der Waals surface area contributed by atoms with Crippen molar-refractivity contribution in [2.24, 2.45) is 5.73 Å². The van der Waals surface area contributed by atoms with E-state index >= 15 is 0 Å². The molecule has 1 atom stereocenters. The third kappa shape index (κ3) is 6.66. The van der Waals surface area contributed by atoms with Gasteiger partial charge in [-0.25, -0.2) is 4.98 Å². The highest BCUT2D eigenvalue weighted by atomic mass is 35.5. The van der Waals surface area contributed by atoms with Crippen molar-refractivity contribution in [1.82, 2.24) is 10.3 Å². The third-order valence-electron chi connectivity index (χ3n) is 3.55. The summed E-state index contributed by atoms with van der Waals surface area (Å²) in [5.74, 6) is -0.727. The van der Waals surface area contributed by atoms with Crippen LogP contribution in [0.5, 0.6) is 0 Å². The predicted molar refractivity (Wildman–Crippen MR) is 114 cm³/mol. The van der Waals surface area contributed by atoms with Crippen molar-refractivity contribution in [3.63, 3.8) is 0 Å². The van der Waals surface area contributed by atoms with Gasteiger partial charge < -0.3 is 16.4 Å². The topological polar surface area (TPSA) is 114 Å². The molecule has 150 valence electrons. The van der Waals surface area contributed by atoms with E-state index < -0.39 is 23.8 Å². The molecule has 0 saturated heterocycles. The molecule has 4 N–H and O–H groups in total. The minimum Gasteiger partial charge on any atom is -0.369 e. The molecule has 0 spiro atoms.